The van der Waals surface area contributed by atoms with Gasteiger partial charge in [0.25, 0.3) is 5.91 Å². The average Bonchev–Trinajstić information content (AvgIpc) is 2.78. The highest BCUT2D eigenvalue weighted by molar-refractivity contribution is 6.24. The van der Waals surface area contributed by atoms with Gasteiger partial charge < -0.3 is 31.5 Å². The zero-order valence-electron chi connectivity index (χ0n) is 21.9. The molecule has 0 aliphatic heterocycles. The van der Waals surface area contributed by atoms with E-state index in [1.54, 1.807) is 0 Å². The number of primary amides is 1. The zero-order valence-corrected chi connectivity index (χ0v) is 23.6. The van der Waals surface area contributed by atoms with E-state index < -0.39 is 69.6 Å². The minimum Gasteiger partial charge on any atom is -0.508 e. The molecule has 39 heavy (non-hydrogen) atoms. The highest BCUT2D eigenvalue weighted by Crippen LogP contribution is 2.53. The Bertz CT molecular complexity index is 1280. The molecule has 4 atom stereocenters. The van der Waals surface area contributed by atoms with E-state index in [4.69, 9.17) is 5.73 Å². The van der Waals surface area contributed by atoms with E-state index in [1.165, 1.54) is 19.0 Å². The molecule has 3 aliphatic rings. The molecule has 1 fully saturated rings. The van der Waals surface area contributed by atoms with Crippen LogP contribution in [0.25, 0.3) is 5.76 Å². The smallest absolute Gasteiger partial charge is 0.255 e. The Kier molecular flexibility index (Phi) is 9.39. The molecule has 1 amide bonds. The maximum atomic E-state index is 15.2. The molecule has 1 aromatic carbocycles. The second-order valence-electron chi connectivity index (χ2n) is 10.7. The topological polar surface area (TPSA) is 173 Å². The second-order valence-corrected chi connectivity index (χ2v) is 10.7. The molecular weight excluding hydrogens is 556 g/mol. The third kappa shape index (κ3) is 4.86. The van der Waals surface area contributed by atoms with E-state index in [2.05, 4.69) is 5.32 Å². The molecule has 0 bridgehead atoms. The number of phenolic OH excluding ortho intramolecular Hbond substituents is 1. The second kappa shape index (κ2) is 11.3. The number of nitrogens with two attached hydrogens (primary N) is 1. The largest absolute Gasteiger partial charge is 0.508 e. The number of carbonyl (C=O) groups is 3. The number of likely N-dealkylation sites (N-methyl/N-ethyl adjacent to an activating group) is 1. The van der Waals surface area contributed by atoms with E-state index in [0.29, 0.717) is 12.5 Å². The number of amides is 1. The van der Waals surface area contributed by atoms with Crippen LogP contribution in [0, 0.1) is 23.6 Å². The first-order chi connectivity index (χ1) is 17.2. The summed E-state index contributed by atoms with van der Waals surface area (Å²) in [4.78, 5) is 40.3. The van der Waals surface area contributed by atoms with Crippen molar-refractivity contribution >= 4 is 53.7 Å². The van der Waals surface area contributed by atoms with E-state index in [9.17, 15) is 34.8 Å². The van der Waals surface area contributed by atoms with Gasteiger partial charge in [0.1, 0.15) is 28.7 Å². The molecule has 0 unspecified atom stereocenters. The number of nitrogens with one attached hydrogen (secondary N) is 1. The third-order valence-corrected chi connectivity index (χ3v) is 7.70. The van der Waals surface area contributed by atoms with Crippen LogP contribution in [0.1, 0.15) is 37.8 Å². The Morgan fingerprint density at radius 2 is 1.85 bits per heavy atom. The Labute approximate surface area is 237 Å². The number of hydrogen-bond donors (Lipinski definition) is 6. The molecule has 0 heterocycles. The van der Waals surface area contributed by atoms with E-state index >= 15 is 4.39 Å². The summed E-state index contributed by atoms with van der Waals surface area (Å²) >= 11 is 0. The number of benzene rings is 1. The van der Waals surface area contributed by atoms with Gasteiger partial charge in [-0.3, -0.25) is 19.3 Å². The van der Waals surface area contributed by atoms with Gasteiger partial charge in [-0.15, -0.1) is 24.8 Å². The summed E-state index contributed by atoms with van der Waals surface area (Å²) in [5, 5.41) is 47.5. The zero-order chi connectivity index (χ0) is 27.6. The number of anilines is 1. The van der Waals surface area contributed by atoms with Crippen molar-refractivity contribution in [2.75, 3.05) is 26.0 Å². The average molecular weight is 590 g/mol. The van der Waals surface area contributed by atoms with Gasteiger partial charge in [-0.2, -0.15) is 0 Å². The number of nitrogens with zero attached hydrogens (tertiary/aromatic N) is 1. The van der Waals surface area contributed by atoms with Crippen LogP contribution in [0.15, 0.2) is 23.0 Å². The maximum absolute atomic E-state index is 15.2. The Balaban J connectivity index is 0.00000267. The van der Waals surface area contributed by atoms with Gasteiger partial charge in [-0.1, -0.05) is 13.8 Å². The van der Waals surface area contributed by atoms with Crippen molar-refractivity contribution in [2.24, 2.45) is 23.5 Å². The van der Waals surface area contributed by atoms with Crippen LogP contribution in [0.5, 0.6) is 5.75 Å². The number of aromatic hydroxyl groups is 1. The number of carbonyl (C=O) groups excluding carboxylic acids is 3. The van der Waals surface area contributed by atoms with Gasteiger partial charge in [0.15, 0.2) is 11.4 Å². The lowest BCUT2D eigenvalue weighted by Gasteiger charge is -2.50. The number of fused-ring (bicyclic) bond motifs is 3. The van der Waals surface area contributed by atoms with Crippen molar-refractivity contribution in [2.45, 2.75) is 44.8 Å². The van der Waals surface area contributed by atoms with Crippen molar-refractivity contribution in [1.82, 2.24) is 4.90 Å². The number of hydrogen-bond acceptors (Lipinski definition) is 9. The highest BCUT2D eigenvalue weighted by atomic mass is 35.5. The van der Waals surface area contributed by atoms with Gasteiger partial charge in [-0.05, 0) is 45.2 Å². The van der Waals surface area contributed by atoms with Crippen molar-refractivity contribution in [3.05, 3.63) is 39.9 Å². The van der Waals surface area contributed by atoms with Crippen molar-refractivity contribution in [3.63, 3.8) is 0 Å². The van der Waals surface area contributed by atoms with Crippen LogP contribution >= 0.6 is 24.8 Å². The standard InChI is InChI=1S/C26H32FN3O7.2ClH/c1-10(2)5-6-29-15-9-14(27)12-7-11-8-13-19(30(3)4)22(33)18(25(28)36)24(35)26(13,37)23(34)16(11)21(32)17(12)20(15)31;;/h9-11,13,19,29,31-32,35,37H,5-8H2,1-4H3,(H2,28,36);2*1H/t11-,13-,19-,26-;;/m0../s1. The van der Waals surface area contributed by atoms with Crippen LogP contribution in [0.2, 0.25) is 0 Å². The van der Waals surface area contributed by atoms with Crippen molar-refractivity contribution in [1.29, 1.82) is 0 Å². The van der Waals surface area contributed by atoms with Crippen LogP contribution in [0.3, 0.4) is 0 Å². The van der Waals surface area contributed by atoms with Gasteiger partial charge in [0, 0.05) is 29.7 Å². The first kappa shape index (κ1) is 32.4. The summed E-state index contributed by atoms with van der Waals surface area (Å²) in [7, 11) is 3.03. The minimum atomic E-state index is -2.73. The summed E-state index contributed by atoms with van der Waals surface area (Å²) in [5.74, 6) is -7.99. The van der Waals surface area contributed by atoms with Crippen LogP contribution < -0.4 is 11.1 Å². The maximum Gasteiger partial charge on any atom is 0.255 e. The summed E-state index contributed by atoms with van der Waals surface area (Å²) in [6, 6.07) is -0.0583. The number of aliphatic hydroxyl groups excluding tert-OH is 2. The molecule has 0 radical (unpaired) electrons. The van der Waals surface area contributed by atoms with Crippen molar-refractivity contribution < 1.29 is 39.2 Å². The first-order valence-corrected chi connectivity index (χ1v) is 12.2. The summed E-state index contributed by atoms with van der Waals surface area (Å²) in [6.45, 7) is 4.44. The molecule has 0 saturated heterocycles. The highest BCUT2D eigenvalue weighted by Gasteiger charge is 2.64. The monoisotopic (exact) mass is 589 g/mol. The van der Waals surface area contributed by atoms with Gasteiger partial charge >= 0.3 is 0 Å². The SMILES string of the molecule is CC(C)CCNc1cc(F)c2c(c1O)C(O)=C1C(=O)[C@]3(O)C(O)=C(C(N)=O)C(=O)[C@@H](N(C)C)[C@@H]3C[C@@H]1C2.Cl.Cl. The van der Waals surface area contributed by atoms with Gasteiger partial charge in [-0.25, -0.2) is 4.39 Å². The molecule has 10 nitrogen and oxygen atoms in total. The van der Waals surface area contributed by atoms with Crippen molar-refractivity contribution in [3.8, 4) is 5.75 Å². The normalized spacial score (nSPS) is 26.0. The lowest BCUT2D eigenvalue weighted by molar-refractivity contribution is -0.153. The summed E-state index contributed by atoms with van der Waals surface area (Å²) < 4.78 is 15.2. The molecular formula is C26H34Cl2FN3O7. The molecule has 216 valence electrons. The fourth-order valence-electron chi connectivity index (χ4n) is 5.90. The molecule has 0 spiro atoms. The van der Waals surface area contributed by atoms with Crippen LogP contribution in [-0.4, -0.2) is 75.1 Å². The predicted octanol–water partition coefficient (Wildman–Crippen LogP) is 2.40. The number of aliphatic hydroxyl groups is 3. The van der Waals surface area contributed by atoms with E-state index in [1.807, 2.05) is 13.8 Å². The van der Waals surface area contributed by atoms with E-state index in [0.717, 1.165) is 12.5 Å². The lowest BCUT2D eigenvalue weighted by atomic mass is 9.57. The molecule has 1 saturated carbocycles. The molecule has 3 aliphatic carbocycles. The molecule has 7 N–H and O–H groups in total. The van der Waals surface area contributed by atoms with E-state index in [-0.39, 0.29) is 60.0 Å². The Morgan fingerprint density at radius 1 is 1.23 bits per heavy atom. The summed E-state index contributed by atoms with van der Waals surface area (Å²) in [6.07, 6.45) is 0.542. The molecule has 0 aromatic heterocycles. The fraction of sp³-hybridized carbons (Fsp3) is 0.500. The third-order valence-electron chi connectivity index (χ3n) is 7.70. The Hall–Kier alpha value is -2.86. The molecule has 4 rings (SSSR count). The fourth-order valence-corrected chi connectivity index (χ4v) is 5.90. The predicted molar refractivity (Wildman–Crippen MR) is 147 cm³/mol. The lowest BCUT2D eigenvalue weighted by Crippen LogP contribution is -2.65. The quantitative estimate of drug-likeness (QED) is 0.215. The number of rotatable bonds is 6. The minimum absolute atomic E-state index is 0. The van der Waals surface area contributed by atoms with Gasteiger partial charge in [0.05, 0.1) is 17.3 Å². The number of Topliss-reactive ketones (excluding diaryl/α,β-unsaturated/α-hetero) is 2. The number of ketones is 2. The van der Waals surface area contributed by atoms with Gasteiger partial charge in [0.2, 0.25) is 5.78 Å². The first-order valence-electron chi connectivity index (χ1n) is 12.2. The summed E-state index contributed by atoms with van der Waals surface area (Å²) in [5.41, 5.74) is 1.14. The van der Waals surface area contributed by atoms with Crippen LogP contribution in [-0.2, 0) is 20.8 Å². The molecule has 1 aromatic rings. The molecule has 13 heteroatoms. The number of halogens is 3. The number of phenols is 1. The van der Waals surface area contributed by atoms with Crippen LogP contribution in [0.4, 0.5) is 10.1 Å². The Morgan fingerprint density at radius 3 is 2.38 bits per heavy atom.